The van der Waals surface area contributed by atoms with E-state index in [2.05, 4.69) is 10.2 Å². The lowest BCUT2D eigenvalue weighted by Crippen LogP contribution is -1.93. The topological polar surface area (TPSA) is 51.8 Å². The maximum atomic E-state index is 5.71. The molecule has 0 fully saturated rings. The van der Waals surface area contributed by atoms with Gasteiger partial charge in [0.15, 0.2) is 10.3 Å². The minimum atomic E-state index is 0.316. The predicted octanol–water partition coefficient (Wildman–Crippen LogP) is 1.76. The number of nitrogens with two attached hydrogens (primary N) is 1. The Balaban J connectivity index is 2.97. The van der Waals surface area contributed by atoms with E-state index < -0.39 is 0 Å². The molecular formula is C7H7Cl2N3. The van der Waals surface area contributed by atoms with Gasteiger partial charge in [0.05, 0.1) is 0 Å². The largest absolute Gasteiger partial charge is 0.327 e. The van der Waals surface area contributed by atoms with E-state index in [1.165, 1.54) is 0 Å². The summed E-state index contributed by atoms with van der Waals surface area (Å²) in [5, 5.41) is 7.83. The van der Waals surface area contributed by atoms with E-state index in [1.807, 2.05) is 0 Å². The van der Waals surface area contributed by atoms with E-state index in [1.54, 1.807) is 18.2 Å². The highest BCUT2D eigenvalue weighted by molar-refractivity contribution is 6.32. The molecule has 12 heavy (non-hydrogen) atoms. The van der Waals surface area contributed by atoms with Gasteiger partial charge < -0.3 is 5.73 Å². The first kappa shape index (κ1) is 9.45. The number of aromatic nitrogens is 2. The molecule has 3 nitrogen and oxygen atoms in total. The monoisotopic (exact) mass is 203 g/mol. The first-order valence-corrected chi connectivity index (χ1v) is 4.05. The minimum absolute atomic E-state index is 0.316. The summed E-state index contributed by atoms with van der Waals surface area (Å²) >= 11 is 11.3. The van der Waals surface area contributed by atoms with Crippen molar-refractivity contribution < 1.29 is 0 Å². The Morgan fingerprint density at radius 1 is 1.42 bits per heavy atom. The summed E-state index contributed by atoms with van der Waals surface area (Å²) in [5.41, 5.74) is 5.99. The van der Waals surface area contributed by atoms with Crippen LogP contribution in [0.15, 0.2) is 12.1 Å². The molecular weight excluding hydrogens is 197 g/mol. The number of hydrogen-bond acceptors (Lipinski definition) is 3. The molecule has 0 amide bonds. The number of halogens is 2. The van der Waals surface area contributed by atoms with Gasteiger partial charge in [-0.25, -0.2) is 0 Å². The molecule has 0 spiro atoms. The summed E-state index contributed by atoms with van der Waals surface area (Å²) in [7, 11) is 0. The lowest BCUT2D eigenvalue weighted by molar-refractivity contribution is 1.03. The number of rotatable bonds is 2. The van der Waals surface area contributed by atoms with Crippen LogP contribution in [0.1, 0.15) is 5.56 Å². The van der Waals surface area contributed by atoms with E-state index in [9.17, 15) is 0 Å². The fraction of sp³-hybridized carbons (Fsp3) is 0.143. The van der Waals surface area contributed by atoms with E-state index in [4.69, 9.17) is 28.9 Å². The highest BCUT2D eigenvalue weighted by atomic mass is 35.5. The van der Waals surface area contributed by atoms with Crippen LogP contribution in [-0.2, 0) is 0 Å². The summed E-state index contributed by atoms with van der Waals surface area (Å²) in [6.45, 7) is 0.455. The molecule has 0 radical (unpaired) electrons. The van der Waals surface area contributed by atoms with Crippen molar-refractivity contribution in [2.45, 2.75) is 0 Å². The Labute approximate surface area is 80.2 Å². The zero-order chi connectivity index (χ0) is 8.97. The van der Waals surface area contributed by atoms with Crippen molar-refractivity contribution in [1.82, 2.24) is 10.2 Å². The summed E-state index contributed by atoms with van der Waals surface area (Å²) in [4.78, 5) is 0. The van der Waals surface area contributed by atoms with Gasteiger partial charge in [-0.3, -0.25) is 0 Å². The van der Waals surface area contributed by atoms with E-state index >= 15 is 0 Å². The third-order valence-electron chi connectivity index (χ3n) is 1.18. The van der Waals surface area contributed by atoms with Crippen molar-refractivity contribution in [2.24, 2.45) is 5.73 Å². The summed E-state index contributed by atoms with van der Waals surface area (Å²) in [6, 6.07) is 1.63. The van der Waals surface area contributed by atoms with Crippen LogP contribution in [0.5, 0.6) is 0 Å². The van der Waals surface area contributed by atoms with Crippen molar-refractivity contribution in [2.75, 3.05) is 6.54 Å². The Kier molecular flexibility index (Phi) is 3.47. The van der Waals surface area contributed by atoms with Gasteiger partial charge in [0.2, 0.25) is 0 Å². The molecule has 5 heteroatoms. The second-order valence-corrected chi connectivity index (χ2v) is 2.80. The molecule has 0 aromatic carbocycles. The smallest absolute Gasteiger partial charge is 0.159 e. The van der Waals surface area contributed by atoms with Crippen molar-refractivity contribution in [3.63, 3.8) is 0 Å². The average molecular weight is 204 g/mol. The van der Waals surface area contributed by atoms with Gasteiger partial charge in [-0.05, 0) is 6.07 Å². The molecule has 0 atom stereocenters. The molecule has 0 saturated heterocycles. The van der Waals surface area contributed by atoms with E-state index in [0.717, 1.165) is 5.56 Å². The molecule has 0 aliphatic rings. The van der Waals surface area contributed by atoms with Crippen molar-refractivity contribution in [3.05, 3.63) is 28.0 Å². The molecule has 0 unspecified atom stereocenters. The lowest BCUT2D eigenvalue weighted by atomic mass is 10.3. The van der Waals surface area contributed by atoms with Crippen LogP contribution in [0.4, 0.5) is 0 Å². The summed E-state index contributed by atoms with van der Waals surface area (Å²) in [5.74, 6) is 0. The molecule has 0 aliphatic heterocycles. The number of nitrogens with zero attached hydrogens (tertiary/aromatic N) is 2. The van der Waals surface area contributed by atoms with Gasteiger partial charge in [0.25, 0.3) is 0 Å². The first-order chi connectivity index (χ1) is 5.74. The molecule has 1 heterocycles. The van der Waals surface area contributed by atoms with Crippen LogP contribution in [0.25, 0.3) is 6.08 Å². The SMILES string of the molecule is NC/C=C/c1cc(Cl)nnc1Cl. The summed E-state index contributed by atoms with van der Waals surface area (Å²) < 4.78 is 0. The fourth-order valence-corrected chi connectivity index (χ4v) is 0.989. The molecule has 1 aromatic rings. The molecule has 1 aromatic heterocycles. The van der Waals surface area contributed by atoms with Crippen molar-refractivity contribution in [1.29, 1.82) is 0 Å². The molecule has 1 rings (SSSR count). The molecule has 0 aliphatic carbocycles. The van der Waals surface area contributed by atoms with Crippen LogP contribution >= 0.6 is 23.2 Å². The highest BCUT2D eigenvalue weighted by Crippen LogP contribution is 2.16. The Morgan fingerprint density at radius 3 is 2.83 bits per heavy atom. The maximum Gasteiger partial charge on any atom is 0.159 e. The van der Waals surface area contributed by atoms with E-state index in [0.29, 0.717) is 16.9 Å². The van der Waals surface area contributed by atoms with Gasteiger partial charge in [0, 0.05) is 12.1 Å². The first-order valence-electron chi connectivity index (χ1n) is 3.29. The maximum absolute atomic E-state index is 5.71. The standard InChI is InChI=1S/C7H7Cl2N3/c8-6-4-5(2-1-3-10)7(9)12-11-6/h1-2,4H,3,10H2/b2-1+. The highest BCUT2D eigenvalue weighted by Gasteiger charge is 1.99. The van der Waals surface area contributed by atoms with Crippen LogP contribution in [-0.4, -0.2) is 16.7 Å². The van der Waals surface area contributed by atoms with Gasteiger partial charge in [-0.15, -0.1) is 10.2 Å². The average Bonchev–Trinajstić information content (AvgIpc) is 2.07. The molecule has 0 saturated carbocycles. The van der Waals surface area contributed by atoms with Crippen LogP contribution < -0.4 is 5.73 Å². The Bertz CT molecular complexity index is 299. The fourth-order valence-electron chi connectivity index (χ4n) is 0.678. The van der Waals surface area contributed by atoms with Crippen LogP contribution in [0.3, 0.4) is 0 Å². The van der Waals surface area contributed by atoms with Gasteiger partial charge in [-0.1, -0.05) is 35.4 Å². The zero-order valence-electron chi connectivity index (χ0n) is 6.17. The zero-order valence-corrected chi connectivity index (χ0v) is 7.68. The third-order valence-corrected chi connectivity index (χ3v) is 1.66. The van der Waals surface area contributed by atoms with Crippen molar-refractivity contribution in [3.8, 4) is 0 Å². The Morgan fingerprint density at radius 2 is 2.17 bits per heavy atom. The third kappa shape index (κ3) is 2.44. The molecule has 0 bridgehead atoms. The van der Waals surface area contributed by atoms with Gasteiger partial charge >= 0.3 is 0 Å². The minimum Gasteiger partial charge on any atom is -0.327 e. The van der Waals surface area contributed by atoms with Gasteiger partial charge in [-0.2, -0.15) is 0 Å². The predicted molar refractivity (Wildman–Crippen MR) is 50.1 cm³/mol. The quantitative estimate of drug-likeness (QED) is 0.798. The second kappa shape index (κ2) is 4.40. The van der Waals surface area contributed by atoms with Crippen LogP contribution in [0, 0.1) is 0 Å². The van der Waals surface area contributed by atoms with Crippen molar-refractivity contribution >= 4 is 29.3 Å². The molecule has 64 valence electrons. The normalized spacial score (nSPS) is 10.9. The van der Waals surface area contributed by atoms with Crippen LogP contribution in [0.2, 0.25) is 10.3 Å². The van der Waals surface area contributed by atoms with Gasteiger partial charge in [0.1, 0.15) is 0 Å². The lowest BCUT2D eigenvalue weighted by Gasteiger charge is -1.95. The molecule has 2 N–H and O–H groups in total. The van der Waals surface area contributed by atoms with E-state index in [-0.39, 0.29) is 0 Å². The summed E-state index contributed by atoms with van der Waals surface area (Å²) in [6.07, 6.45) is 3.52. The Hall–Kier alpha value is -0.640. The number of hydrogen-bond donors (Lipinski definition) is 1. The second-order valence-electron chi connectivity index (χ2n) is 2.05.